The Labute approximate surface area is 182 Å². The van der Waals surface area contributed by atoms with E-state index < -0.39 is 0 Å². The lowest BCUT2D eigenvalue weighted by molar-refractivity contribution is 0.331. The summed E-state index contributed by atoms with van der Waals surface area (Å²) in [6, 6.07) is 8.29. The van der Waals surface area contributed by atoms with Crippen molar-refractivity contribution in [2.75, 3.05) is 29.5 Å². The molecular formula is C22H21N7OS. The van der Waals surface area contributed by atoms with Crippen molar-refractivity contribution in [1.82, 2.24) is 19.9 Å². The van der Waals surface area contributed by atoms with E-state index in [0.29, 0.717) is 24.2 Å². The molecule has 0 spiro atoms. The molecule has 31 heavy (non-hydrogen) atoms. The first kappa shape index (κ1) is 18.3. The van der Waals surface area contributed by atoms with Crippen molar-refractivity contribution in [3.63, 3.8) is 0 Å². The monoisotopic (exact) mass is 431 g/mol. The van der Waals surface area contributed by atoms with Crippen LogP contribution in [0.4, 0.5) is 16.9 Å². The summed E-state index contributed by atoms with van der Waals surface area (Å²) < 4.78 is 6.06. The van der Waals surface area contributed by atoms with Gasteiger partial charge in [-0.15, -0.1) is 0 Å². The minimum Gasteiger partial charge on any atom is -0.491 e. The molecule has 0 saturated heterocycles. The Morgan fingerprint density at radius 3 is 2.90 bits per heavy atom. The lowest BCUT2D eigenvalue weighted by Crippen LogP contribution is -2.28. The number of benzene rings is 1. The second kappa shape index (κ2) is 7.05. The Hall–Kier alpha value is -3.46. The van der Waals surface area contributed by atoms with Crippen LogP contribution in [-0.2, 0) is 19.4 Å². The maximum Gasteiger partial charge on any atom is 0.222 e. The van der Waals surface area contributed by atoms with Gasteiger partial charge in [0, 0.05) is 29.4 Å². The number of hydrogen-bond donors (Lipinski definition) is 2. The molecule has 0 bridgehead atoms. The molecular weight excluding hydrogens is 410 g/mol. The van der Waals surface area contributed by atoms with E-state index in [1.807, 2.05) is 18.3 Å². The van der Waals surface area contributed by atoms with Crippen LogP contribution in [0.1, 0.15) is 23.2 Å². The highest BCUT2D eigenvalue weighted by Crippen LogP contribution is 2.35. The first-order valence-electron chi connectivity index (χ1n) is 10.3. The molecule has 0 saturated carbocycles. The molecule has 0 fully saturated rings. The molecule has 8 nitrogen and oxygen atoms in total. The van der Waals surface area contributed by atoms with Gasteiger partial charge in [-0.2, -0.15) is 4.98 Å². The topological polar surface area (TPSA) is 116 Å². The van der Waals surface area contributed by atoms with E-state index in [9.17, 15) is 0 Å². The third-order valence-corrected chi connectivity index (χ3v) is 6.67. The molecule has 0 radical (unpaired) electrons. The van der Waals surface area contributed by atoms with E-state index in [4.69, 9.17) is 16.2 Å². The molecule has 1 aliphatic heterocycles. The predicted octanol–water partition coefficient (Wildman–Crippen LogP) is 3.20. The molecule has 4 aromatic rings. The Morgan fingerprint density at radius 2 is 1.97 bits per heavy atom. The lowest BCUT2D eigenvalue weighted by atomic mass is 10.0. The number of anilines is 3. The standard InChI is InChI=1S/C22H21N7OS/c23-21-26-16-3-1-2-15(16)19(28-21)29-6-7-30-18-5-4-12(8-14(18)11-29)13-9-17-20(25-10-13)31-22(24)27-17/h4-5,8-10H,1-3,6-7,11H2,(H2,24,27)(H2,23,26,28). The van der Waals surface area contributed by atoms with Gasteiger partial charge in [-0.25, -0.2) is 15.0 Å². The van der Waals surface area contributed by atoms with Gasteiger partial charge in [0.05, 0.1) is 12.2 Å². The highest BCUT2D eigenvalue weighted by molar-refractivity contribution is 7.21. The van der Waals surface area contributed by atoms with E-state index in [2.05, 4.69) is 37.0 Å². The van der Waals surface area contributed by atoms with Gasteiger partial charge in [0.25, 0.3) is 0 Å². The summed E-state index contributed by atoms with van der Waals surface area (Å²) in [6.45, 7) is 2.04. The van der Waals surface area contributed by atoms with E-state index in [0.717, 1.165) is 70.1 Å². The van der Waals surface area contributed by atoms with Crippen LogP contribution in [-0.4, -0.2) is 33.1 Å². The number of rotatable bonds is 2. The minimum atomic E-state index is 0.344. The van der Waals surface area contributed by atoms with Crippen LogP contribution in [0.3, 0.4) is 0 Å². The van der Waals surface area contributed by atoms with Crippen molar-refractivity contribution in [3.8, 4) is 16.9 Å². The van der Waals surface area contributed by atoms with E-state index in [1.165, 1.54) is 16.9 Å². The summed E-state index contributed by atoms with van der Waals surface area (Å²) in [5, 5.41) is 0.530. The molecule has 156 valence electrons. The van der Waals surface area contributed by atoms with Gasteiger partial charge in [-0.05, 0) is 43.0 Å². The molecule has 0 amide bonds. The molecule has 0 unspecified atom stereocenters. The molecule has 2 aliphatic rings. The van der Waals surface area contributed by atoms with E-state index in [-0.39, 0.29) is 0 Å². The van der Waals surface area contributed by atoms with E-state index in [1.54, 1.807) is 0 Å². The van der Waals surface area contributed by atoms with Crippen LogP contribution in [0.5, 0.6) is 5.75 Å². The fourth-order valence-electron chi connectivity index (χ4n) is 4.45. The smallest absolute Gasteiger partial charge is 0.222 e. The number of hydrogen-bond acceptors (Lipinski definition) is 9. The molecule has 6 rings (SSSR count). The number of nitrogens with two attached hydrogens (primary N) is 2. The van der Waals surface area contributed by atoms with Crippen LogP contribution in [0.15, 0.2) is 30.5 Å². The van der Waals surface area contributed by atoms with Crippen LogP contribution < -0.4 is 21.1 Å². The normalized spacial score (nSPS) is 15.4. The average molecular weight is 432 g/mol. The van der Waals surface area contributed by atoms with Crippen LogP contribution in [0.25, 0.3) is 21.5 Å². The maximum atomic E-state index is 6.06. The van der Waals surface area contributed by atoms with E-state index >= 15 is 0 Å². The summed E-state index contributed by atoms with van der Waals surface area (Å²) in [6.07, 6.45) is 4.94. The van der Waals surface area contributed by atoms with Crippen LogP contribution in [0.2, 0.25) is 0 Å². The molecule has 3 aromatic heterocycles. The molecule has 4 heterocycles. The molecule has 4 N–H and O–H groups in total. The second-order valence-electron chi connectivity index (χ2n) is 7.88. The summed E-state index contributed by atoms with van der Waals surface area (Å²) in [5.74, 6) is 2.19. The van der Waals surface area contributed by atoms with Crippen molar-refractivity contribution in [2.45, 2.75) is 25.8 Å². The third-order valence-electron chi connectivity index (χ3n) is 5.87. The largest absolute Gasteiger partial charge is 0.491 e. The molecule has 0 atom stereocenters. The quantitative estimate of drug-likeness (QED) is 0.497. The van der Waals surface area contributed by atoms with Gasteiger partial charge in [-0.3, -0.25) is 0 Å². The number of pyridine rings is 1. The number of ether oxygens (including phenoxy) is 1. The Bertz CT molecular complexity index is 1320. The van der Waals surface area contributed by atoms with Gasteiger partial charge >= 0.3 is 0 Å². The Morgan fingerprint density at radius 1 is 1.03 bits per heavy atom. The Kier molecular flexibility index (Phi) is 4.17. The van der Waals surface area contributed by atoms with Gasteiger partial charge in [0.15, 0.2) is 5.13 Å². The number of aromatic nitrogens is 4. The molecule has 1 aliphatic carbocycles. The number of nitrogen functional groups attached to an aromatic ring is 2. The number of fused-ring (bicyclic) bond motifs is 3. The van der Waals surface area contributed by atoms with Crippen molar-refractivity contribution < 1.29 is 4.74 Å². The SMILES string of the molecule is Nc1nc2c(c(N3CCOc4ccc(-c5cnc6sc(N)nc6c5)cc4C3)n1)CCC2. The van der Waals surface area contributed by atoms with Gasteiger partial charge < -0.3 is 21.1 Å². The van der Waals surface area contributed by atoms with Gasteiger partial charge in [0.1, 0.15) is 28.5 Å². The number of nitrogens with zero attached hydrogens (tertiary/aromatic N) is 5. The summed E-state index contributed by atoms with van der Waals surface area (Å²) in [7, 11) is 0. The number of aryl methyl sites for hydroxylation is 1. The van der Waals surface area contributed by atoms with Gasteiger partial charge in [-0.1, -0.05) is 17.4 Å². The first-order chi connectivity index (χ1) is 15.1. The first-order valence-corrected chi connectivity index (χ1v) is 11.1. The second-order valence-corrected chi connectivity index (χ2v) is 8.89. The van der Waals surface area contributed by atoms with Crippen LogP contribution in [0, 0.1) is 0 Å². The van der Waals surface area contributed by atoms with Crippen LogP contribution >= 0.6 is 11.3 Å². The zero-order chi connectivity index (χ0) is 20.9. The van der Waals surface area contributed by atoms with Crippen molar-refractivity contribution in [2.24, 2.45) is 0 Å². The van der Waals surface area contributed by atoms with Crippen molar-refractivity contribution >= 4 is 38.6 Å². The highest BCUT2D eigenvalue weighted by Gasteiger charge is 2.25. The van der Waals surface area contributed by atoms with Crippen molar-refractivity contribution in [1.29, 1.82) is 0 Å². The fourth-order valence-corrected chi connectivity index (χ4v) is 5.10. The summed E-state index contributed by atoms with van der Waals surface area (Å²) in [5.41, 5.74) is 18.2. The average Bonchev–Trinajstić information content (AvgIpc) is 3.31. The minimum absolute atomic E-state index is 0.344. The Balaban J connectivity index is 1.38. The van der Waals surface area contributed by atoms with Crippen molar-refractivity contribution in [3.05, 3.63) is 47.3 Å². The zero-order valence-electron chi connectivity index (χ0n) is 16.8. The fraction of sp³-hybridized carbons (Fsp3) is 0.273. The lowest BCUT2D eigenvalue weighted by Gasteiger charge is -2.23. The molecule has 9 heteroatoms. The predicted molar refractivity (Wildman–Crippen MR) is 122 cm³/mol. The number of thiazole rings is 1. The molecule has 1 aromatic carbocycles. The summed E-state index contributed by atoms with van der Waals surface area (Å²) >= 11 is 1.40. The summed E-state index contributed by atoms with van der Waals surface area (Å²) in [4.78, 5) is 21.1. The zero-order valence-corrected chi connectivity index (χ0v) is 17.7. The third kappa shape index (κ3) is 3.21. The highest BCUT2D eigenvalue weighted by atomic mass is 32.1. The maximum absolute atomic E-state index is 6.06. The van der Waals surface area contributed by atoms with Gasteiger partial charge in [0.2, 0.25) is 5.95 Å².